The van der Waals surface area contributed by atoms with Gasteiger partial charge in [-0.05, 0) is 48.9 Å². The Kier molecular flexibility index (Phi) is 4.27. The van der Waals surface area contributed by atoms with Crippen LogP contribution >= 0.6 is 0 Å². The van der Waals surface area contributed by atoms with Gasteiger partial charge in [-0.1, -0.05) is 29.8 Å². The van der Waals surface area contributed by atoms with Crippen molar-refractivity contribution in [1.82, 2.24) is 4.90 Å². The van der Waals surface area contributed by atoms with Gasteiger partial charge in [0.2, 0.25) is 5.91 Å². The van der Waals surface area contributed by atoms with Crippen LogP contribution in [0.2, 0.25) is 0 Å². The van der Waals surface area contributed by atoms with Crippen LogP contribution in [0, 0.1) is 24.5 Å². The molecule has 5 heteroatoms. The Hall–Kier alpha value is -2.27. The number of nitrogens with zero attached hydrogens (tertiary/aromatic N) is 1. The molecule has 1 aliphatic carbocycles. The highest BCUT2D eigenvalue weighted by Crippen LogP contribution is 2.52. The minimum absolute atomic E-state index is 0.00695. The number of benzene rings is 2. The monoisotopic (exact) mass is 356 g/mol. The third-order valence-corrected chi connectivity index (χ3v) is 5.48. The molecule has 3 nitrogen and oxygen atoms in total. The van der Waals surface area contributed by atoms with Crippen molar-refractivity contribution >= 4 is 5.91 Å². The SMILES string of the molecule is Cc1ccc(C2CC2C(=O)N2CCC(N)C2)c(-c2c(F)cccc2F)c1. The molecule has 2 aromatic carbocycles. The molecule has 3 atom stereocenters. The molecule has 3 unspecified atom stereocenters. The van der Waals surface area contributed by atoms with Crippen LogP contribution in [0.25, 0.3) is 11.1 Å². The molecule has 136 valence electrons. The van der Waals surface area contributed by atoms with Crippen LogP contribution in [0.5, 0.6) is 0 Å². The molecule has 1 saturated heterocycles. The number of hydrogen-bond donors (Lipinski definition) is 1. The van der Waals surface area contributed by atoms with E-state index in [2.05, 4.69) is 0 Å². The highest BCUT2D eigenvalue weighted by atomic mass is 19.1. The van der Waals surface area contributed by atoms with Crippen molar-refractivity contribution in [3.63, 3.8) is 0 Å². The third kappa shape index (κ3) is 3.01. The first-order chi connectivity index (χ1) is 12.5. The van der Waals surface area contributed by atoms with E-state index in [1.807, 2.05) is 30.0 Å². The third-order valence-electron chi connectivity index (χ3n) is 5.48. The maximum Gasteiger partial charge on any atom is 0.226 e. The number of hydrogen-bond acceptors (Lipinski definition) is 2. The summed E-state index contributed by atoms with van der Waals surface area (Å²) in [7, 11) is 0. The second-order valence-corrected chi connectivity index (χ2v) is 7.47. The van der Waals surface area contributed by atoms with Crippen molar-refractivity contribution in [1.29, 1.82) is 0 Å². The molecular formula is C21H22F2N2O. The minimum atomic E-state index is -0.578. The second-order valence-electron chi connectivity index (χ2n) is 7.47. The van der Waals surface area contributed by atoms with Gasteiger partial charge in [0.05, 0.1) is 5.56 Å². The van der Waals surface area contributed by atoms with Crippen molar-refractivity contribution in [3.8, 4) is 11.1 Å². The molecule has 0 aromatic heterocycles. The standard InChI is InChI=1S/C21H22F2N2O/c1-12-5-6-14(16(9-12)20-18(22)3-2-4-19(20)23)15-10-17(15)21(26)25-8-7-13(24)11-25/h2-6,9,13,15,17H,7-8,10-11,24H2,1H3. The van der Waals surface area contributed by atoms with E-state index in [9.17, 15) is 13.6 Å². The van der Waals surface area contributed by atoms with E-state index in [0.717, 1.165) is 24.0 Å². The molecule has 26 heavy (non-hydrogen) atoms. The molecule has 2 fully saturated rings. The van der Waals surface area contributed by atoms with Gasteiger partial charge in [0.1, 0.15) is 11.6 Å². The van der Waals surface area contributed by atoms with Crippen molar-refractivity contribution in [2.75, 3.05) is 13.1 Å². The van der Waals surface area contributed by atoms with Crippen molar-refractivity contribution < 1.29 is 13.6 Å². The molecular weight excluding hydrogens is 334 g/mol. The van der Waals surface area contributed by atoms with E-state index < -0.39 is 11.6 Å². The summed E-state index contributed by atoms with van der Waals surface area (Å²) < 4.78 is 28.7. The fraction of sp³-hybridized carbons (Fsp3) is 0.381. The van der Waals surface area contributed by atoms with Gasteiger partial charge in [0.25, 0.3) is 0 Å². The lowest BCUT2D eigenvalue weighted by molar-refractivity contribution is -0.131. The maximum absolute atomic E-state index is 14.3. The summed E-state index contributed by atoms with van der Waals surface area (Å²) in [6.45, 7) is 3.20. The minimum Gasteiger partial charge on any atom is -0.341 e. The predicted octanol–water partition coefficient (Wildman–Crippen LogP) is 3.60. The fourth-order valence-electron chi connectivity index (χ4n) is 4.00. The molecule has 1 amide bonds. The van der Waals surface area contributed by atoms with Crippen molar-refractivity contribution in [3.05, 3.63) is 59.2 Å². The molecule has 2 aromatic rings. The lowest BCUT2D eigenvalue weighted by Gasteiger charge is -2.17. The molecule has 1 saturated carbocycles. The largest absolute Gasteiger partial charge is 0.341 e. The Morgan fingerprint density at radius 1 is 1.19 bits per heavy atom. The first kappa shape index (κ1) is 17.2. The lowest BCUT2D eigenvalue weighted by Crippen LogP contribution is -2.33. The zero-order valence-electron chi connectivity index (χ0n) is 14.7. The summed E-state index contributed by atoms with van der Waals surface area (Å²) in [4.78, 5) is 14.5. The zero-order valence-corrected chi connectivity index (χ0v) is 14.7. The molecule has 0 spiro atoms. The number of amides is 1. The highest BCUT2D eigenvalue weighted by molar-refractivity contribution is 5.84. The Morgan fingerprint density at radius 2 is 1.92 bits per heavy atom. The van der Waals surface area contributed by atoms with Gasteiger partial charge in [0, 0.05) is 25.0 Å². The second kappa shape index (κ2) is 6.47. The fourth-order valence-corrected chi connectivity index (χ4v) is 4.00. The summed E-state index contributed by atoms with van der Waals surface area (Å²) in [5, 5.41) is 0. The summed E-state index contributed by atoms with van der Waals surface area (Å²) in [6, 6.07) is 9.61. The van der Waals surface area contributed by atoms with E-state index >= 15 is 0 Å². The zero-order chi connectivity index (χ0) is 18.4. The number of carbonyl (C=O) groups excluding carboxylic acids is 1. The summed E-state index contributed by atoms with van der Waals surface area (Å²) in [5.41, 5.74) is 8.23. The van der Waals surface area contributed by atoms with E-state index in [4.69, 9.17) is 5.73 Å². The number of carbonyl (C=O) groups is 1. The molecule has 2 aliphatic rings. The average molecular weight is 356 g/mol. The number of aryl methyl sites for hydroxylation is 1. The normalized spacial score (nSPS) is 24.8. The Labute approximate surface area is 151 Å². The Balaban J connectivity index is 1.66. The van der Waals surface area contributed by atoms with Gasteiger partial charge in [-0.25, -0.2) is 8.78 Å². The molecule has 1 aliphatic heterocycles. The first-order valence-corrected chi connectivity index (χ1v) is 9.05. The van der Waals surface area contributed by atoms with Crippen LogP contribution in [0.4, 0.5) is 8.78 Å². The molecule has 1 heterocycles. The summed E-state index contributed by atoms with van der Waals surface area (Å²) >= 11 is 0. The molecule has 2 N–H and O–H groups in total. The first-order valence-electron chi connectivity index (χ1n) is 9.05. The van der Waals surface area contributed by atoms with Crippen LogP contribution in [0.3, 0.4) is 0 Å². The van der Waals surface area contributed by atoms with Gasteiger partial charge >= 0.3 is 0 Å². The Morgan fingerprint density at radius 3 is 2.58 bits per heavy atom. The quantitative estimate of drug-likeness (QED) is 0.913. The molecule has 4 rings (SSSR count). The van der Waals surface area contributed by atoms with E-state index in [-0.39, 0.29) is 29.3 Å². The lowest BCUT2D eigenvalue weighted by atomic mass is 9.93. The average Bonchev–Trinajstić information content (AvgIpc) is 3.27. The maximum atomic E-state index is 14.3. The number of halogens is 2. The Bertz CT molecular complexity index is 847. The number of rotatable bonds is 3. The van der Waals surface area contributed by atoms with E-state index in [1.54, 1.807) is 0 Å². The van der Waals surface area contributed by atoms with Crippen LogP contribution < -0.4 is 5.73 Å². The summed E-state index contributed by atoms with van der Waals surface area (Å²) in [5.74, 6) is -1.15. The highest BCUT2D eigenvalue weighted by Gasteiger charge is 2.47. The number of nitrogens with two attached hydrogens (primary N) is 1. The van der Waals surface area contributed by atoms with Gasteiger partial charge in [-0.2, -0.15) is 0 Å². The van der Waals surface area contributed by atoms with Crippen LogP contribution in [0.1, 0.15) is 29.9 Å². The van der Waals surface area contributed by atoms with Gasteiger partial charge < -0.3 is 10.6 Å². The van der Waals surface area contributed by atoms with Crippen LogP contribution in [0.15, 0.2) is 36.4 Å². The van der Waals surface area contributed by atoms with Gasteiger partial charge in [-0.15, -0.1) is 0 Å². The van der Waals surface area contributed by atoms with Crippen LogP contribution in [-0.4, -0.2) is 29.9 Å². The molecule has 0 radical (unpaired) electrons. The smallest absolute Gasteiger partial charge is 0.226 e. The van der Waals surface area contributed by atoms with Gasteiger partial charge in [0.15, 0.2) is 0 Å². The van der Waals surface area contributed by atoms with E-state index in [0.29, 0.717) is 18.7 Å². The topological polar surface area (TPSA) is 46.3 Å². The van der Waals surface area contributed by atoms with Gasteiger partial charge in [-0.3, -0.25) is 4.79 Å². The molecule has 0 bridgehead atoms. The predicted molar refractivity (Wildman–Crippen MR) is 96.6 cm³/mol. The summed E-state index contributed by atoms with van der Waals surface area (Å²) in [6.07, 6.45) is 1.55. The van der Waals surface area contributed by atoms with Crippen molar-refractivity contribution in [2.45, 2.75) is 31.7 Å². The van der Waals surface area contributed by atoms with Crippen molar-refractivity contribution in [2.24, 2.45) is 11.7 Å². The number of likely N-dealkylation sites (tertiary alicyclic amines) is 1. The van der Waals surface area contributed by atoms with E-state index in [1.165, 1.54) is 18.2 Å². The van der Waals surface area contributed by atoms with Crippen LogP contribution in [-0.2, 0) is 4.79 Å².